The summed E-state index contributed by atoms with van der Waals surface area (Å²) in [6.07, 6.45) is 4.07. The molecular formula is C12H16N2ORh. The van der Waals surface area contributed by atoms with Crippen molar-refractivity contribution in [1.29, 1.82) is 0 Å². The molecule has 0 N–H and O–H groups in total. The van der Waals surface area contributed by atoms with Gasteiger partial charge < -0.3 is 22.0 Å². The Balaban J connectivity index is 0.00000112. The average Bonchev–Trinajstić information content (AvgIpc) is 2.65. The first kappa shape index (κ1) is 15.0. The van der Waals surface area contributed by atoms with Crippen LogP contribution in [0.3, 0.4) is 0 Å². The molecule has 0 spiro atoms. The molecule has 1 heterocycles. The first-order valence-electron chi connectivity index (χ1n) is 4.50. The van der Waals surface area contributed by atoms with Gasteiger partial charge in [0.2, 0.25) is 0 Å². The molecule has 1 aromatic carbocycles. The van der Waals surface area contributed by atoms with Crippen molar-refractivity contribution in [2.45, 2.75) is 0 Å². The van der Waals surface area contributed by atoms with Crippen LogP contribution in [-0.2, 0) is 19.5 Å². The van der Waals surface area contributed by atoms with E-state index in [1.165, 1.54) is 0 Å². The summed E-state index contributed by atoms with van der Waals surface area (Å²) in [5.41, 5.74) is 1.03. The molecule has 4 heteroatoms. The van der Waals surface area contributed by atoms with Crippen molar-refractivity contribution in [3.63, 3.8) is 0 Å². The molecule has 0 aromatic heterocycles. The first-order valence-corrected chi connectivity index (χ1v) is 4.50. The first-order chi connectivity index (χ1) is 6.79. The maximum absolute atomic E-state index is 5.16. The second-order valence-electron chi connectivity index (χ2n) is 3.28. The van der Waals surface area contributed by atoms with Crippen LogP contribution in [0.1, 0.15) is 0 Å². The molecule has 1 aliphatic rings. The Morgan fingerprint density at radius 1 is 1.38 bits per heavy atom. The molecule has 0 saturated heterocycles. The number of ether oxygens (including phenoxy) is 1. The Labute approximate surface area is 110 Å². The van der Waals surface area contributed by atoms with E-state index in [0.717, 1.165) is 18.1 Å². The van der Waals surface area contributed by atoms with Gasteiger partial charge in [-0.15, -0.1) is 12.1 Å². The molecule has 2 rings (SSSR count). The second-order valence-corrected chi connectivity index (χ2v) is 3.28. The monoisotopic (exact) mass is 307 g/mol. The minimum absolute atomic E-state index is 0. The second kappa shape index (κ2) is 6.54. The van der Waals surface area contributed by atoms with E-state index in [9.17, 15) is 0 Å². The summed E-state index contributed by atoms with van der Waals surface area (Å²) < 4.78 is 5.16. The summed E-state index contributed by atoms with van der Waals surface area (Å²) in [7, 11) is 3.71. The van der Waals surface area contributed by atoms with Gasteiger partial charge in [0, 0.05) is 25.2 Å². The molecule has 0 fully saturated rings. The molecule has 89 valence electrons. The van der Waals surface area contributed by atoms with Gasteiger partial charge in [0.15, 0.2) is 0 Å². The molecule has 0 amide bonds. The molecule has 1 aliphatic heterocycles. The van der Waals surface area contributed by atoms with E-state index in [0.29, 0.717) is 0 Å². The Hall–Kier alpha value is -1.02. The molecule has 16 heavy (non-hydrogen) atoms. The Kier molecular flexibility index (Phi) is 6.13. The summed E-state index contributed by atoms with van der Waals surface area (Å²) in [5, 5.41) is 0. The number of hydrogen-bond acceptors (Lipinski definition) is 3. The largest absolute Gasteiger partial charge is 2.00 e. The number of rotatable bonds is 2. The predicted octanol–water partition coefficient (Wildman–Crippen LogP) is 2.12. The molecule has 0 saturated carbocycles. The van der Waals surface area contributed by atoms with Gasteiger partial charge in [-0.05, 0) is 0 Å². The smallest absolute Gasteiger partial charge is 0.522 e. The van der Waals surface area contributed by atoms with Crippen LogP contribution in [0, 0.1) is 13.5 Å². The van der Waals surface area contributed by atoms with Crippen LogP contribution in [0.15, 0.2) is 30.6 Å². The van der Waals surface area contributed by atoms with Crippen molar-refractivity contribution >= 4 is 5.69 Å². The average molecular weight is 307 g/mol. The number of benzene rings is 1. The van der Waals surface area contributed by atoms with Gasteiger partial charge >= 0.3 is 19.5 Å². The van der Waals surface area contributed by atoms with Crippen LogP contribution in [0.4, 0.5) is 5.69 Å². The van der Waals surface area contributed by atoms with Crippen LogP contribution in [0.2, 0.25) is 0 Å². The van der Waals surface area contributed by atoms with E-state index < -0.39 is 0 Å². The van der Waals surface area contributed by atoms with Gasteiger partial charge in [0.25, 0.3) is 0 Å². The van der Waals surface area contributed by atoms with Crippen LogP contribution < -0.4 is 9.64 Å². The predicted molar refractivity (Wildman–Crippen MR) is 62.5 cm³/mol. The van der Waals surface area contributed by atoms with Gasteiger partial charge in [-0.25, -0.2) is 0 Å². The maximum atomic E-state index is 5.16. The van der Waals surface area contributed by atoms with Crippen molar-refractivity contribution in [2.24, 2.45) is 0 Å². The topological polar surface area (TPSA) is 15.7 Å². The van der Waals surface area contributed by atoms with Gasteiger partial charge in [-0.2, -0.15) is 12.1 Å². The molecule has 3 nitrogen and oxygen atoms in total. The molecule has 0 atom stereocenters. The fraction of sp³-hybridized carbons (Fsp3) is 0.250. The zero-order valence-corrected chi connectivity index (χ0v) is 11.4. The van der Waals surface area contributed by atoms with Crippen LogP contribution in [0.5, 0.6) is 5.75 Å². The molecule has 0 unspecified atom stereocenters. The van der Waals surface area contributed by atoms with Crippen LogP contribution in [0.25, 0.3) is 0 Å². The van der Waals surface area contributed by atoms with E-state index in [1.807, 2.05) is 37.6 Å². The standard InChI is InChI=1S/C11H13N2O.CH3.Rh/c1-12-6-7-13(9-12)10-4-3-5-11(8-10)14-2;;/h3,5-8H,9H2,1-2H3;1H3;/q2*-1;+2. The zero-order valence-electron chi connectivity index (χ0n) is 9.73. The molecule has 1 aromatic rings. The number of nitrogens with zero attached hydrogens (tertiary/aromatic N) is 2. The van der Waals surface area contributed by atoms with E-state index in [1.54, 1.807) is 7.11 Å². The minimum Gasteiger partial charge on any atom is -0.522 e. The molecule has 1 radical (unpaired) electrons. The van der Waals surface area contributed by atoms with Crippen LogP contribution >= 0.6 is 0 Å². The third kappa shape index (κ3) is 3.24. The zero-order chi connectivity index (χ0) is 9.97. The van der Waals surface area contributed by atoms with Crippen molar-refractivity contribution in [1.82, 2.24) is 4.90 Å². The summed E-state index contributed by atoms with van der Waals surface area (Å²) >= 11 is 0. The molecular weight excluding hydrogens is 291 g/mol. The normalized spacial score (nSPS) is 13.1. The summed E-state index contributed by atoms with van der Waals surface area (Å²) in [6, 6.07) is 8.92. The van der Waals surface area contributed by atoms with Crippen molar-refractivity contribution < 1.29 is 24.2 Å². The summed E-state index contributed by atoms with van der Waals surface area (Å²) in [5.74, 6) is 0.863. The molecule has 0 aliphatic carbocycles. The number of anilines is 1. The van der Waals surface area contributed by atoms with Gasteiger partial charge in [0.1, 0.15) is 0 Å². The quantitative estimate of drug-likeness (QED) is 0.615. The number of methoxy groups -OCH3 is 1. The SMILES string of the molecule is COc1cc[c-]c(N2C=CN(C)C2)c1.[CH3-].[Rh+2]. The van der Waals surface area contributed by atoms with Crippen molar-refractivity contribution in [2.75, 3.05) is 25.7 Å². The van der Waals surface area contributed by atoms with Crippen molar-refractivity contribution in [3.05, 3.63) is 44.1 Å². The summed E-state index contributed by atoms with van der Waals surface area (Å²) in [4.78, 5) is 4.22. The maximum Gasteiger partial charge on any atom is 2.00 e. The third-order valence-corrected chi connectivity index (χ3v) is 2.18. The van der Waals surface area contributed by atoms with E-state index in [2.05, 4.69) is 15.9 Å². The van der Waals surface area contributed by atoms with Gasteiger partial charge in [0.05, 0.1) is 13.8 Å². The van der Waals surface area contributed by atoms with Crippen molar-refractivity contribution in [3.8, 4) is 5.75 Å². The fourth-order valence-electron chi connectivity index (χ4n) is 1.41. The minimum atomic E-state index is 0. The fourth-order valence-corrected chi connectivity index (χ4v) is 1.41. The van der Waals surface area contributed by atoms with E-state index in [4.69, 9.17) is 4.74 Å². The van der Waals surface area contributed by atoms with E-state index in [-0.39, 0.29) is 26.9 Å². The Morgan fingerprint density at radius 2 is 2.12 bits per heavy atom. The van der Waals surface area contributed by atoms with E-state index >= 15 is 0 Å². The van der Waals surface area contributed by atoms with Gasteiger partial charge in [-0.3, -0.25) is 0 Å². The molecule has 0 bridgehead atoms. The third-order valence-electron chi connectivity index (χ3n) is 2.18. The van der Waals surface area contributed by atoms with Crippen LogP contribution in [-0.4, -0.2) is 25.7 Å². The summed E-state index contributed by atoms with van der Waals surface area (Å²) in [6.45, 7) is 0.865. The van der Waals surface area contributed by atoms with Gasteiger partial charge in [-0.1, -0.05) is 5.69 Å². The number of hydrogen-bond donors (Lipinski definition) is 0. The Morgan fingerprint density at radius 3 is 2.69 bits per heavy atom. The Bertz CT molecular complexity index is 355.